The Bertz CT molecular complexity index is 925. The Morgan fingerprint density at radius 3 is 2.96 bits per heavy atom. The van der Waals surface area contributed by atoms with Gasteiger partial charge >= 0.3 is 0 Å². The predicted molar refractivity (Wildman–Crippen MR) is 93.7 cm³/mol. The van der Waals surface area contributed by atoms with E-state index in [2.05, 4.69) is 23.4 Å². The van der Waals surface area contributed by atoms with Crippen LogP contribution in [0.3, 0.4) is 0 Å². The highest BCUT2D eigenvalue weighted by Crippen LogP contribution is 2.27. The number of ether oxygens (including phenoxy) is 1. The lowest BCUT2D eigenvalue weighted by molar-refractivity contribution is -0.121. The molecule has 3 heterocycles. The van der Waals surface area contributed by atoms with E-state index in [1.165, 1.54) is 9.56 Å². The number of nitrogens with zero attached hydrogens (tertiary/aromatic N) is 3. The third kappa shape index (κ3) is 3.20. The molecule has 0 atom stereocenters. The summed E-state index contributed by atoms with van der Waals surface area (Å²) < 4.78 is 8.98. The van der Waals surface area contributed by atoms with Gasteiger partial charge in [0.2, 0.25) is 5.91 Å². The van der Waals surface area contributed by atoms with Crippen LogP contribution in [0.2, 0.25) is 0 Å². The predicted octanol–water partition coefficient (Wildman–Crippen LogP) is 1.43. The third-order valence-electron chi connectivity index (χ3n) is 3.83. The van der Waals surface area contributed by atoms with Crippen LogP contribution in [0.15, 0.2) is 23.3 Å². The summed E-state index contributed by atoms with van der Waals surface area (Å²) in [5.74, 6) is -0.230. The van der Waals surface area contributed by atoms with Gasteiger partial charge in [-0.05, 0) is 25.0 Å². The third-order valence-corrected chi connectivity index (χ3v) is 5.04. The molecule has 0 aromatic carbocycles. The molecule has 0 aliphatic rings. The summed E-state index contributed by atoms with van der Waals surface area (Å²) in [5.41, 5.74) is 1.28. The molecule has 0 unspecified atom stereocenters. The smallest absolute Gasteiger partial charge is 0.291 e. The van der Waals surface area contributed by atoms with Crippen molar-refractivity contribution in [3.8, 4) is 0 Å². The minimum absolute atomic E-state index is 0.0820. The summed E-state index contributed by atoms with van der Waals surface area (Å²) in [6, 6.07) is 3.96. The van der Waals surface area contributed by atoms with Crippen molar-refractivity contribution >= 4 is 33.0 Å². The van der Waals surface area contributed by atoms with Gasteiger partial charge in [0.1, 0.15) is 18.4 Å². The normalized spacial score (nSPS) is 11.4. The van der Waals surface area contributed by atoms with Crippen LogP contribution in [0.1, 0.15) is 18.2 Å². The lowest BCUT2D eigenvalue weighted by Gasteiger charge is -2.07. The molecule has 0 aliphatic carbocycles. The fraction of sp³-hybridized carbons (Fsp3) is 0.438. The van der Waals surface area contributed by atoms with Gasteiger partial charge in [-0.2, -0.15) is 5.10 Å². The van der Waals surface area contributed by atoms with Gasteiger partial charge in [0.25, 0.3) is 5.56 Å². The summed E-state index contributed by atoms with van der Waals surface area (Å²) in [6.45, 7) is 3.13. The zero-order valence-corrected chi connectivity index (χ0v) is 14.6. The summed E-state index contributed by atoms with van der Waals surface area (Å²) in [6.07, 6.45) is 3.30. The van der Waals surface area contributed by atoms with E-state index < -0.39 is 0 Å². The Morgan fingerprint density at radius 2 is 2.21 bits per heavy atom. The molecule has 24 heavy (non-hydrogen) atoms. The highest BCUT2D eigenvalue weighted by Gasteiger charge is 2.13. The Balaban J connectivity index is 1.81. The fourth-order valence-electron chi connectivity index (χ4n) is 2.57. The van der Waals surface area contributed by atoms with Crippen molar-refractivity contribution < 1.29 is 9.53 Å². The van der Waals surface area contributed by atoms with Crippen molar-refractivity contribution in [1.82, 2.24) is 19.5 Å². The number of fused-ring (bicyclic) bond motifs is 3. The minimum Gasteiger partial charge on any atom is -0.385 e. The van der Waals surface area contributed by atoms with Crippen LogP contribution in [-0.2, 0) is 22.5 Å². The van der Waals surface area contributed by atoms with Crippen molar-refractivity contribution in [1.29, 1.82) is 0 Å². The molecule has 7 nitrogen and oxygen atoms in total. The molecule has 3 aromatic heterocycles. The first-order valence-electron chi connectivity index (χ1n) is 7.89. The van der Waals surface area contributed by atoms with Crippen molar-refractivity contribution in [2.45, 2.75) is 26.3 Å². The molecule has 0 bridgehead atoms. The number of amides is 1. The second-order valence-corrected chi connectivity index (χ2v) is 6.67. The van der Waals surface area contributed by atoms with Crippen LogP contribution < -0.4 is 10.9 Å². The van der Waals surface area contributed by atoms with Crippen LogP contribution in [0.5, 0.6) is 0 Å². The molecular weight excluding hydrogens is 328 g/mol. The number of rotatable bonds is 7. The first-order valence-corrected chi connectivity index (χ1v) is 8.71. The second kappa shape index (κ2) is 7.14. The topological polar surface area (TPSA) is 77.6 Å². The molecule has 1 N–H and O–H groups in total. The van der Waals surface area contributed by atoms with E-state index in [0.717, 1.165) is 23.1 Å². The second-order valence-electron chi connectivity index (χ2n) is 5.51. The van der Waals surface area contributed by atoms with Crippen LogP contribution >= 0.6 is 11.3 Å². The average molecular weight is 348 g/mol. The molecule has 8 heteroatoms. The lowest BCUT2D eigenvalue weighted by atomic mass is 10.3. The molecule has 0 saturated carbocycles. The molecule has 0 radical (unpaired) electrons. The van der Waals surface area contributed by atoms with Crippen molar-refractivity contribution in [3.63, 3.8) is 0 Å². The van der Waals surface area contributed by atoms with Gasteiger partial charge < -0.3 is 10.1 Å². The number of carbonyl (C=O) groups is 1. The number of carbonyl (C=O) groups excluding carboxylic acids is 1. The average Bonchev–Trinajstić information content (AvgIpc) is 3.12. The first-order chi connectivity index (χ1) is 11.6. The Labute approximate surface area is 142 Å². The SMILES string of the molecule is CCc1cc2c(cc3c(=O)n(CC(=O)NCCCOC)ncn32)s1. The molecule has 0 saturated heterocycles. The maximum atomic E-state index is 12.5. The first kappa shape index (κ1) is 16.7. The molecule has 0 spiro atoms. The number of hydrogen-bond donors (Lipinski definition) is 1. The van der Waals surface area contributed by atoms with Crippen LogP contribution in [0.25, 0.3) is 15.7 Å². The fourth-order valence-corrected chi connectivity index (χ4v) is 3.60. The summed E-state index contributed by atoms with van der Waals surface area (Å²) >= 11 is 1.68. The molecule has 128 valence electrons. The molecule has 3 rings (SSSR count). The molecule has 1 amide bonds. The zero-order chi connectivity index (χ0) is 17.1. The Morgan fingerprint density at radius 1 is 1.38 bits per heavy atom. The van der Waals surface area contributed by atoms with Crippen LogP contribution in [-0.4, -0.2) is 40.3 Å². The van der Waals surface area contributed by atoms with Crippen LogP contribution in [0.4, 0.5) is 0 Å². The Kier molecular flexibility index (Phi) is 4.96. The number of aromatic nitrogens is 3. The van der Waals surface area contributed by atoms with Gasteiger partial charge in [-0.3, -0.25) is 14.0 Å². The van der Waals surface area contributed by atoms with E-state index in [1.54, 1.807) is 29.2 Å². The summed E-state index contributed by atoms with van der Waals surface area (Å²) in [5, 5.41) is 6.89. The van der Waals surface area contributed by atoms with Gasteiger partial charge in [-0.15, -0.1) is 11.3 Å². The Hall–Kier alpha value is -2.19. The number of aryl methyl sites for hydroxylation is 1. The monoisotopic (exact) mass is 348 g/mol. The zero-order valence-electron chi connectivity index (χ0n) is 13.7. The molecule has 0 aliphatic heterocycles. The number of thiophene rings is 1. The van der Waals surface area contributed by atoms with Gasteiger partial charge in [-0.1, -0.05) is 6.92 Å². The maximum Gasteiger partial charge on any atom is 0.291 e. The highest BCUT2D eigenvalue weighted by atomic mass is 32.1. The van der Waals surface area contributed by atoms with E-state index in [1.807, 2.05) is 6.07 Å². The quantitative estimate of drug-likeness (QED) is 0.655. The number of hydrogen-bond acceptors (Lipinski definition) is 5. The maximum absolute atomic E-state index is 12.5. The standard InChI is InChI=1S/C16H20N4O3S/c1-3-11-7-12-14(24-11)8-13-16(22)20(18-10-19(12)13)9-15(21)17-5-4-6-23-2/h7-8,10H,3-6,9H2,1-2H3,(H,17,21). The van der Waals surface area contributed by atoms with Gasteiger partial charge in [0.05, 0.1) is 10.2 Å². The lowest BCUT2D eigenvalue weighted by Crippen LogP contribution is -2.34. The van der Waals surface area contributed by atoms with E-state index in [9.17, 15) is 9.59 Å². The van der Waals surface area contributed by atoms with E-state index in [-0.39, 0.29) is 18.0 Å². The van der Waals surface area contributed by atoms with Gasteiger partial charge in [0.15, 0.2) is 0 Å². The van der Waals surface area contributed by atoms with Crippen LogP contribution in [0, 0.1) is 0 Å². The minimum atomic E-state index is -0.258. The van der Waals surface area contributed by atoms with E-state index >= 15 is 0 Å². The van der Waals surface area contributed by atoms with Crippen molar-refractivity contribution in [2.75, 3.05) is 20.3 Å². The summed E-state index contributed by atoms with van der Waals surface area (Å²) in [7, 11) is 1.62. The summed E-state index contributed by atoms with van der Waals surface area (Å²) in [4.78, 5) is 25.7. The highest BCUT2D eigenvalue weighted by molar-refractivity contribution is 7.19. The molecule has 3 aromatic rings. The van der Waals surface area contributed by atoms with E-state index in [0.29, 0.717) is 18.7 Å². The van der Waals surface area contributed by atoms with Gasteiger partial charge in [0, 0.05) is 25.1 Å². The number of methoxy groups -OCH3 is 1. The van der Waals surface area contributed by atoms with Crippen molar-refractivity contribution in [3.05, 3.63) is 33.7 Å². The van der Waals surface area contributed by atoms with E-state index in [4.69, 9.17) is 4.74 Å². The molecular formula is C16H20N4O3S. The molecule has 0 fully saturated rings. The van der Waals surface area contributed by atoms with Gasteiger partial charge in [-0.25, -0.2) is 4.68 Å². The van der Waals surface area contributed by atoms with Crippen molar-refractivity contribution in [2.24, 2.45) is 0 Å². The number of nitrogens with one attached hydrogen (secondary N) is 1. The largest absolute Gasteiger partial charge is 0.385 e.